The lowest BCUT2D eigenvalue weighted by atomic mass is 9.99. The highest BCUT2D eigenvalue weighted by atomic mass is 32.2. The zero-order chi connectivity index (χ0) is 19.2. The summed E-state index contributed by atoms with van der Waals surface area (Å²) in [7, 11) is -3.20. The fourth-order valence-electron chi connectivity index (χ4n) is 3.46. The van der Waals surface area contributed by atoms with Crippen LogP contribution in [0.2, 0.25) is 0 Å². The van der Waals surface area contributed by atoms with E-state index in [-0.39, 0.29) is 5.92 Å². The van der Waals surface area contributed by atoms with Crippen molar-refractivity contribution in [2.75, 3.05) is 19.3 Å². The number of hydrogen-bond acceptors (Lipinski definition) is 7. The number of H-pyrrole nitrogens is 1. The van der Waals surface area contributed by atoms with Gasteiger partial charge in [-0.1, -0.05) is 25.2 Å². The van der Waals surface area contributed by atoms with Crippen LogP contribution in [0.25, 0.3) is 15.7 Å². The van der Waals surface area contributed by atoms with E-state index in [4.69, 9.17) is 0 Å². The first-order chi connectivity index (χ1) is 12.8. The summed E-state index contributed by atoms with van der Waals surface area (Å²) in [5.41, 5.74) is 1.88. The predicted octanol–water partition coefficient (Wildman–Crippen LogP) is 1.91. The van der Waals surface area contributed by atoms with Gasteiger partial charge in [-0.2, -0.15) is 14.7 Å². The minimum Gasteiger partial charge on any atom is -0.282 e. The van der Waals surface area contributed by atoms with Crippen LogP contribution >= 0.6 is 11.3 Å². The van der Waals surface area contributed by atoms with Crippen molar-refractivity contribution in [3.8, 4) is 10.7 Å². The van der Waals surface area contributed by atoms with Crippen molar-refractivity contribution in [3.63, 3.8) is 0 Å². The Bertz CT molecular complexity index is 1050. The number of nitrogens with zero attached hydrogens (tertiary/aromatic N) is 6. The van der Waals surface area contributed by atoms with Crippen LogP contribution in [0.1, 0.15) is 44.1 Å². The van der Waals surface area contributed by atoms with Crippen LogP contribution in [0.4, 0.5) is 0 Å². The maximum atomic E-state index is 11.9. The Morgan fingerprint density at radius 3 is 2.93 bits per heavy atom. The molecule has 0 aliphatic carbocycles. The third-order valence-electron chi connectivity index (χ3n) is 4.71. The lowest BCUT2D eigenvalue weighted by molar-refractivity contribution is 0.309. The molecule has 3 aromatic rings. The molecule has 1 fully saturated rings. The van der Waals surface area contributed by atoms with Crippen molar-refractivity contribution >= 4 is 26.3 Å². The maximum absolute atomic E-state index is 11.9. The fraction of sp³-hybridized carbons (Fsp3) is 0.625. The minimum atomic E-state index is -3.20. The Kier molecular flexibility index (Phi) is 4.77. The summed E-state index contributed by atoms with van der Waals surface area (Å²) in [6.45, 7) is 5.32. The van der Waals surface area contributed by atoms with E-state index in [0.717, 1.165) is 41.5 Å². The SMILES string of the molecule is CC(C)Cc1cc(-c2nn3c(C4CCCN(S(C)(=O)=O)C4)nnc3s2)n[nH]1. The number of piperidine rings is 1. The molecule has 146 valence electrons. The molecule has 0 radical (unpaired) electrons. The average molecular weight is 410 g/mol. The Morgan fingerprint density at radius 1 is 1.37 bits per heavy atom. The summed E-state index contributed by atoms with van der Waals surface area (Å²) < 4.78 is 27.0. The summed E-state index contributed by atoms with van der Waals surface area (Å²) in [5.74, 6) is 1.26. The van der Waals surface area contributed by atoms with Gasteiger partial charge in [-0.15, -0.1) is 10.2 Å². The first-order valence-corrected chi connectivity index (χ1v) is 11.7. The maximum Gasteiger partial charge on any atom is 0.235 e. The van der Waals surface area contributed by atoms with Gasteiger partial charge in [-0.25, -0.2) is 12.7 Å². The first kappa shape index (κ1) is 18.5. The summed E-state index contributed by atoms with van der Waals surface area (Å²) in [5, 5.41) is 21.4. The van der Waals surface area contributed by atoms with Gasteiger partial charge < -0.3 is 0 Å². The molecule has 0 bridgehead atoms. The Morgan fingerprint density at radius 2 is 2.19 bits per heavy atom. The van der Waals surface area contributed by atoms with Crippen LogP contribution in [0.3, 0.4) is 0 Å². The van der Waals surface area contributed by atoms with Gasteiger partial charge in [0.2, 0.25) is 15.0 Å². The molecule has 1 saturated heterocycles. The molecule has 27 heavy (non-hydrogen) atoms. The van der Waals surface area contributed by atoms with Gasteiger partial charge in [0, 0.05) is 24.7 Å². The number of hydrogen-bond donors (Lipinski definition) is 1. The van der Waals surface area contributed by atoms with E-state index in [9.17, 15) is 8.42 Å². The minimum absolute atomic E-state index is 0.00545. The standard InChI is InChI=1S/C16H23N7O2S2/c1-10(2)7-12-8-13(18-17-12)15-21-23-14(19-20-16(23)26-15)11-5-4-6-22(9-11)27(3,24)25/h8,10-11H,4-7,9H2,1-3H3,(H,17,18). The van der Waals surface area contributed by atoms with Crippen molar-refractivity contribution in [2.45, 2.75) is 39.0 Å². The largest absolute Gasteiger partial charge is 0.282 e. The first-order valence-electron chi connectivity index (χ1n) is 9.03. The van der Waals surface area contributed by atoms with Crippen molar-refractivity contribution in [2.24, 2.45) is 5.92 Å². The highest BCUT2D eigenvalue weighted by Gasteiger charge is 2.30. The molecular formula is C16H23N7O2S2. The smallest absolute Gasteiger partial charge is 0.235 e. The van der Waals surface area contributed by atoms with E-state index in [1.165, 1.54) is 21.9 Å². The van der Waals surface area contributed by atoms with Gasteiger partial charge >= 0.3 is 0 Å². The van der Waals surface area contributed by atoms with E-state index < -0.39 is 10.0 Å². The van der Waals surface area contributed by atoms with E-state index in [1.807, 2.05) is 6.07 Å². The van der Waals surface area contributed by atoms with Crippen molar-refractivity contribution in [1.29, 1.82) is 0 Å². The second kappa shape index (κ2) is 6.95. The van der Waals surface area contributed by atoms with Crippen LogP contribution in [0.15, 0.2) is 6.07 Å². The number of aromatic amines is 1. The molecule has 1 unspecified atom stereocenters. The molecule has 4 heterocycles. The van der Waals surface area contributed by atoms with Crippen molar-refractivity contribution in [1.82, 2.24) is 34.3 Å². The Hall–Kier alpha value is -1.85. The monoisotopic (exact) mass is 409 g/mol. The van der Waals surface area contributed by atoms with Crippen molar-refractivity contribution in [3.05, 3.63) is 17.6 Å². The molecule has 0 amide bonds. The van der Waals surface area contributed by atoms with Crippen LogP contribution < -0.4 is 0 Å². The van der Waals surface area contributed by atoms with Crippen LogP contribution in [0, 0.1) is 5.92 Å². The summed E-state index contributed by atoms with van der Waals surface area (Å²) >= 11 is 1.44. The van der Waals surface area contributed by atoms with Gasteiger partial charge in [0.1, 0.15) is 5.69 Å². The molecule has 1 atom stereocenters. The molecule has 1 N–H and O–H groups in total. The summed E-state index contributed by atoms with van der Waals surface area (Å²) in [6, 6.07) is 2.03. The van der Waals surface area contributed by atoms with Crippen LogP contribution in [-0.2, 0) is 16.4 Å². The second-order valence-corrected chi connectivity index (χ2v) is 10.4. The third-order valence-corrected chi connectivity index (χ3v) is 6.90. The van der Waals surface area contributed by atoms with E-state index in [0.29, 0.717) is 24.0 Å². The Labute approximate surface area is 161 Å². The number of fused-ring (bicyclic) bond motifs is 1. The van der Waals surface area contributed by atoms with Gasteiger partial charge in [-0.3, -0.25) is 5.10 Å². The van der Waals surface area contributed by atoms with Gasteiger partial charge in [0.25, 0.3) is 0 Å². The third kappa shape index (κ3) is 3.76. The highest BCUT2D eigenvalue weighted by Crippen LogP contribution is 2.30. The second-order valence-electron chi connectivity index (χ2n) is 7.50. The summed E-state index contributed by atoms with van der Waals surface area (Å²) in [4.78, 5) is 0.699. The predicted molar refractivity (Wildman–Crippen MR) is 103 cm³/mol. The molecule has 3 aromatic heterocycles. The van der Waals surface area contributed by atoms with Crippen molar-refractivity contribution < 1.29 is 8.42 Å². The van der Waals surface area contributed by atoms with Gasteiger partial charge in [0.05, 0.1) is 6.26 Å². The van der Waals surface area contributed by atoms with E-state index in [1.54, 1.807) is 4.52 Å². The Balaban J connectivity index is 1.62. The number of sulfonamides is 1. The number of aromatic nitrogens is 6. The number of rotatable bonds is 5. The fourth-order valence-corrected chi connectivity index (χ4v) is 5.18. The molecule has 1 aliphatic heterocycles. The molecular weight excluding hydrogens is 386 g/mol. The normalized spacial score (nSPS) is 19.3. The lowest BCUT2D eigenvalue weighted by Gasteiger charge is -2.29. The van der Waals surface area contributed by atoms with Gasteiger partial charge in [-0.05, 0) is 31.2 Å². The molecule has 1 aliphatic rings. The zero-order valence-electron chi connectivity index (χ0n) is 15.6. The van der Waals surface area contributed by atoms with Crippen LogP contribution in [-0.4, -0.2) is 62.1 Å². The molecule has 4 rings (SSSR count). The quantitative estimate of drug-likeness (QED) is 0.689. The molecule has 0 spiro atoms. The van der Waals surface area contributed by atoms with Gasteiger partial charge in [0.15, 0.2) is 10.8 Å². The van der Waals surface area contributed by atoms with E-state index >= 15 is 0 Å². The van der Waals surface area contributed by atoms with Crippen LogP contribution in [0.5, 0.6) is 0 Å². The summed E-state index contributed by atoms with van der Waals surface area (Å²) in [6.07, 6.45) is 3.87. The average Bonchev–Trinajstić information content (AvgIpc) is 3.28. The lowest BCUT2D eigenvalue weighted by Crippen LogP contribution is -2.38. The molecule has 0 aromatic carbocycles. The van der Waals surface area contributed by atoms with E-state index in [2.05, 4.69) is 39.3 Å². The molecule has 9 nitrogen and oxygen atoms in total. The molecule has 11 heteroatoms. The molecule has 0 saturated carbocycles. The number of nitrogens with one attached hydrogen (secondary N) is 1. The topological polar surface area (TPSA) is 109 Å². The zero-order valence-corrected chi connectivity index (χ0v) is 17.2. The highest BCUT2D eigenvalue weighted by molar-refractivity contribution is 7.88.